The second kappa shape index (κ2) is 13.9. The molecule has 5 nitrogen and oxygen atoms in total. The van der Waals surface area contributed by atoms with Crippen molar-refractivity contribution in [1.82, 2.24) is 4.57 Å². The van der Waals surface area contributed by atoms with E-state index < -0.39 is 0 Å². The summed E-state index contributed by atoms with van der Waals surface area (Å²) in [6, 6.07) is 67.9. The maximum Gasteiger partial charge on any atom is 0.162 e. The van der Waals surface area contributed by atoms with Gasteiger partial charge in [-0.2, -0.15) is 0 Å². The highest BCUT2D eigenvalue weighted by atomic mass is 32.1. The van der Waals surface area contributed by atoms with Crippen molar-refractivity contribution in [1.29, 1.82) is 5.41 Å². The van der Waals surface area contributed by atoms with Crippen LogP contribution >= 0.6 is 11.3 Å². The molecule has 3 heterocycles. The van der Waals surface area contributed by atoms with Gasteiger partial charge in [0.25, 0.3) is 0 Å². The molecule has 0 aliphatic heterocycles. The molecule has 0 spiro atoms. The number of hydrogen-bond acceptors (Lipinski definition) is 3. The minimum atomic E-state index is 0.142. The lowest BCUT2D eigenvalue weighted by Gasteiger charge is -2.14. The predicted molar refractivity (Wildman–Crippen MR) is 267 cm³/mol. The molecule has 0 aliphatic rings. The Labute approximate surface area is 364 Å². The molecule has 10 aromatic carbocycles. The Morgan fingerprint density at radius 1 is 0.476 bits per heavy atom. The highest BCUT2D eigenvalue weighted by molar-refractivity contribution is 7.25. The molecule has 13 aromatic rings. The van der Waals surface area contributed by atoms with Gasteiger partial charge in [0.15, 0.2) is 11.7 Å². The van der Waals surface area contributed by atoms with Crippen LogP contribution in [0.15, 0.2) is 209 Å². The smallest absolute Gasteiger partial charge is 0.162 e. The van der Waals surface area contributed by atoms with Crippen LogP contribution in [0.1, 0.15) is 16.7 Å². The molecule has 1 N–H and O–H groups in total. The van der Waals surface area contributed by atoms with Crippen LogP contribution in [0.4, 0.5) is 0 Å². The van der Waals surface area contributed by atoms with Crippen LogP contribution in [0.2, 0.25) is 0 Å². The first-order valence-corrected chi connectivity index (χ1v) is 21.9. The third-order valence-corrected chi connectivity index (χ3v) is 13.7. The number of furan rings is 1. The summed E-state index contributed by atoms with van der Waals surface area (Å²) in [5.41, 5.74) is 7.24. The van der Waals surface area contributed by atoms with Crippen molar-refractivity contribution < 1.29 is 4.42 Å². The fourth-order valence-electron chi connectivity index (χ4n) is 9.73. The molecule has 0 amide bonds. The van der Waals surface area contributed by atoms with Gasteiger partial charge in [0.2, 0.25) is 0 Å². The summed E-state index contributed by atoms with van der Waals surface area (Å²) in [4.78, 5) is 10.6. The third-order valence-electron chi connectivity index (χ3n) is 12.5. The molecule has 3 aromatic heterocycles. The molecule has 0 saturated heterocycles. The van der Waals surface area contributed by atoms with Gasteiger partial charge >= 0.3 is 0 Å². The van der Waals surface area contributed by atoms with E-state index in [-0.39, 0.29) is 5.84 Å². The van der Waals surface area contributed by atoms with Crippen LogP contribution in [0.25, 0.3) is 102 Å². The first kappa shape index (κ1) is 35.6. The summed E-state index contributed by atoms with van der Waals surface area (Å²) in [6.07, 6.45) is 1.96. The zero-order valence-corrected chi connectivity index (χ0v) is 34.5. The maximum atomic E-state index is 9.61. The van der Waals surface area contributed by atoms with Crippen molar-refractivity contribution in [3.8, 4) is 5.69 Å². The summed E-state index contributed by atoms with van der Waals surface area (Å²) < 4.78 is 11.3. The molecule has 0 unspecified atom stereocenters. The minimum Gasteiger partial charge on any atom is -0.456 e. The lowest BCUT2D eigenvalue weighted by molar-refractivity contribution is 0.669. The zero-order chi connectivity index (χ0) is 41.6. The topological polar surface area (TPSA) is 66.6 Å². The quantitative estimate of drug-likeness (QED) is 0.139. The highest BCUT2D eigenvalue weighted by Gasteiger charge is 2.22. The molecule has 0 radical (unpaired) electrons. The molecule has 0 saturated carbocycles. The SMILES string of the molecule is N=C(N=C(N=Cc1c(-n2c3cc4ccccc4cc3c3c4ccccc4ccc32)ccc2oc3ccccc3c12)c1cccc2sc3ccccc3c12)c1cccc2ccccc12. The second-order valence-corrected chi connectivity index (χ2v) is 17.1. The molecule has 6 heteroatoms. The highest BCUT2D eigenvalue weighted by Crippen LogP contribution is 2.42. The number of rotatable bonds is 4. The standard InChI is InChI=1S/C57H34N4OS/c58-56(40-22-11-17-34-13-3-5-18-38(34)40)60-57(43-23-12-26-52-55(43)42-21-8-10-25-51(42)63-52)59-33-45-46(29-30-50-54(45)41-20-7-9-24-49(41)62-50)61-47-28-27-35-14-4-6-19-39(35)53(47)44-31-36-15-1-2-16-37(36)32-48(44)61/h1-33,58H. The van der Waals surface area contributed by atoms with E-state index in [4.69, 9.17) is 14.4 Å². The third kappa shape index (κ3) is 5.52. The number of aliphatic imine (C=N–C) groups is 2. The molecule has 0 aliphatic carbocycles. The molecular weight excluding hydrogens is 789 g/mol. The van der Waals surface area contributed by atoms with Crippen LogP contribution < -0.4 is 0 Å². The lowest BCUT2D eigenvalue weighted by Crippen LogP contribution is -2.07. The van der Waals surface area contributed by atoms with E-state index in [0.29, 0.717) is 5.84 Å². The normalized spacial score (nSPS) is 12.5. The van der Waals surface area contributed by atoms with Crippen LogP contribution in [0.3, 0.4) is 0 Å². The van der Waals surface area contributed by atoms with E-state index >= 15 is 0 Å². The van der Waals surface area contributed by atoms with Crippen LogP contribution in [0, 0.1) is 5.41 Å². The van der Waals surface area contributed by atoms with Crippen molar-refractivity contribution in [2.75, 3.05) is 0 Å². The molecule has 294 valence electrons. The van der Waals surface area contributed by atoms with E-state index in [1.54, 1.807) is 11.3 Å². The van der Waals surface area contributed by atoms with Crippen molar-refractivity contribution in [3.63, 3.8) is 0 Å². The number of thiophene rings is 1. The van der Waals surface area contributed by atoms with E-state index in [1.165, 1.54) is 37.0 Å². The number of benzene rings is 10. The van der Waals surface area contributed by atoms with Gasteiger partial charge in [0.05, 0.1) is 16.7 Å². The molecule has 0 fully saturated rings. The molecule has 63 heavy (non-hydrogen) atoms. The monoisotopic (exact) mass is 822 g/mol. The van der Waals surface area contributed by atoms with Gasteiger partial charge in [-0.3, -0.25) is 5.41 Å². The van der Waals surface area contributed by atoms with Gasteiger partial charge in [0, 0.05) is 64.6 Å². The van der Waals surface area contributed by atoms with Gasteiger partial charge < -0.3 is 8.98 Å². The second-order valence-electron chi connectivity index (χ2n) is 16.0. The van der Waals surface area contributed by atoms with E-state index in [9.17, 15) is 5.41 Å². The van der Waals surface area contributed by atoms with Crippen molar-refractivity contribution >= 4 is 125 Å². The van der Waals surface area contributed by atoms with Crippen LogP contribution in [0.5, 0.6) is 0 Å². The number of fused-ring (bicyclic) bond motifs is 13. The molecule has 0 bridgehead atoms. The van der Waals surface area contributed by atoms with Crippen molar-refractivity contribution in [3.05, 3.63) is 211 Å². The summed E-state index contributed by atoms with van der Waals surface area (Å²) in [5, 5.41) is 23.0. The molecular formula is C57H34N4OS. The van der Waals surface area contributed by atoms with Gasteiger partial charge in [-0.1, -0.05) is 146 Å². The molecule has 0 atom stereocenters. The Kier molecular flexibility index (Phi) is 7.86. The first-order chi connectivity index (χ1) is 31.2. The lowest BCUT2D eigenvalue weighted by atomic mass is 10.0. The van der Waals surface area contributed by atoms with Crippen LogP contribution in [-0.4, -0.2) is 22.5 Å². The number of aromatic nitrogens is 1. The van der Waals surface area contributed by atoms with Crippen LogP contribution in [-0.2, 0) is 0 Å². The van der Waals surface area contributed by atoms with Crippen molar-refractivity contribution in [2.24, 2.45) is 9.98 Å². The Balaban J connectivity index is 1.12. The number of amidine groups is 2. The molecule has 13 rings (SSSR count). The van der Waals surface area contributed by atoms with Crippen molar-refractivity contribution in [2.45, 2.75) is 0 Å². The van der Waals surface area contributed by atoms with Gasteiger partial charge in [-0.25, -0.2) is 9.98 Å². The summed E-state index contributed by atoms with van der Waals surface area (Å²) in [5.74, 6) is 0.598. The van der Waals surface area contributed by atoms with Gasteiger partial charge in [-0.15, -0.1) is 11.3 Å². The Bertz CT molecular complexity index is 4120. The van der Waals surface area contributed by atoms with E-state index in [1.807, 2.05) is 42.6 Å². The average molecular weight is 823 g/mol. The number of nitrogens with zero attached hydrogens (tertiary/aromatic N) is 3. The van der Waals surface area contributed by atoms with Gasteiger partial charge in [-0.05, 0) is 80.8 Å². The first-order valence-electron chi connectivity index (χ1n) is 21.1. The number of nitrogens with one attached hydrogen (secondary N) is 1. The average Bonchev–Trinajstić information content (AvgIpc) is 4.01. The summed E-state index contributed by atoms with van der Waals surface area (Å²) in [7, 11) is 0. The fraction of sp³-hybridized carbons (Fsp3) is 0. The van der Waals surface area contributed by atoms with E-state index in [0.717, 1.165) is 81.6 Å². The largest absolute Gasteiger partial charge is 0.456 e. The van der Waals surface area contributed by atoms with Gasteiger partial charge in [0.1, 0.15) is 11.2 Å². The maximum absolute atomic E-state index is 9.61. The Morgan fingerprint density at radius 2 is 1.13 bits per heavy atom. The predicted octanol–water partition coefficient (Wildman–Crippen LogP) is 15.4. The number of para-hydroxylation sites is 1. The Morgan fingerprint density at radius 3 is 1.98 bits per heavy atom. The summed E-state index contributed by atoms with van der Waals surface area (Å²) >= 11 is 1.76. The summed E-state index contributed by atoms with van der Waals surface area (Å²) in [6.45, 7) is 0. The fourth-order valence-corrected chi connectivity index (χ4v) is 10.9. The van der Waals surface area contributed by atoms with E-state index in [2.05, 4.69) is 162 Å². The Hall–Kier alpha value is -8.19. The zero-order valence-electron chi connectivity index (χ0n) is 33.7. The number of hydrogen-bond donors (Lipinski definition) is 1. The minimum absolute atomic E-state index is 0.142.